The number of rotatable bonds is 19. The van der Waals surface area contributed by atoms with E-state index < -0.39 is 17.1 Å². The summed E-state index contributed by atoms with van der Waals surface area (Å²) in [6.45, 7) is 13.2. The van der Waals surface area contributed by atoms with Crippen molar-refractivity contribution >= 4 is 40.3 Å². The molecule has 0 amide bonds. The van der Waals surface area contributed by atoms with Crippen LogP contribution in [-0.2, 0) is 24.1 Å². The maximum atomic E-state index is 6.33. The molecule has 33 heavy (non-hydrogen) atoms. The number of hydrogen-bond acceptors (Lipinski definition) is 4. The van der Waals surface area contributed by atoms with Crippen LogP contribution in [0.25, 0.3) is 0 Å². The summed E-state index contributed by atoms with van der Waals surface area (Å²) in [5.74, 6) is 0.585. The van der Waals surface area contributed by atoms with Gasteiger partial charge in [-0.25, -0.2) is 0 Å². The van der Waals surface area contributed by atoms with Gasteiger partial charge in [-0.3, -0.25) is 0 Å². The van der Waals surface area contributed by atoms with Crippen molar-refractivity contribution in [2.45, 2.75) is 78.1 Å². The Morgan fingerprint density at radius 1 is 0.848 bits per heavy atom. The maximum absolute atomic E-state index is 6.33. The summed E-state index contributed by atoms with van der Waals surface area (Å²) in [6.07, 6.45) is 9.24. The van der Waals surface area contributed by atoms with E-state index >= 15 is 0 Å². The summed E-state index contributed by atoms with van der Waals surface area (Å²) in [5.41, 5.74) is 2.53. The van der Waals surface area contributed by atoms with Crippen molar-refractivity contribution in [3.8, 4) is 0 Å². The van der Waals surface area contributed by atoms with Crippen molar-refractivity contribution in [2.75, 3.05) is 32.3 Å². The average molecular weight is 536 g/mol. The van der Waals surface area contributed by atoms with Crippen LogP contribution in [0.1, 0.15) is 50.7 Å². The predicted molar refractivity (Wildman–Crippen MR) is 146 cm³/mol. The first-order chi connectivity index (χ1) is 15.8. The third-order valence-electron chi connectivity index (χ3n) is 5.67. The molecule has 8 heteroatoms. The van der Waals surface area contributed by atoms with E-state index in [9.17, 15) is 0 Å². The second-order valence-corrected chi connectivity index (χ2v) is 16.1. The highest BCUT2D eigenvalue weighted by atomic mass is 35.5. The molecular weight excluding hydrogens is 491 g/mol. The summed E-state index contributed by atoms with van der Waals surface area (Å²) < 4.78 is 24.8. The zero-order chi connectivity index (χ0) is 24.6. The van der Waals surface area contributed by atoms with Gasteiger partial charge in [0, 0.05) is 37.3 Å². The number of halogens is 2. The Balaban J connectivity index is 2.44. The van der Waals surface area contributed by atoms with E-state index in [1.54, 1.807) is 0 Å². The number of aryl methyl sites for hydroxylation is 2. The maximum Gasteiger partial charge on any atom is 0.335 e. The van der Waals surface area contributed by atoms with Crippen molar-refractivity contribution in [3.63, 3.8) is 0 Å². The van der Waals surface area contributed by atoms with Crippen molar-refractivity contribution < 1.29 is 17.7 Å². The number of allylic oxidation sites excluding steroid dienone is 2. The topological polar surface area (TPSA) is 36.9 Å². The lowest BCUT2D eigenvalue weighted by Gasteiger charge is -2.28. The second kappa shape index (κ2) is 17.3. The molecule has 2 atom stereocenters. The van der Waals surface area contributed by atoms with E-state index in [4.69, 9.17) is 40.9 Å². The molecule has 0 N–H and O–H groups in total. The summed E-state index contributed by atoms with van der Waals surface area (Å²) in [4.78, 5) is 0. The lowest BCUT2D eigenvalue weighted by atomic mass is 10.1. The Kier molecular flexibility index (Phi) is 16.1. The third-order valence-corrected chi connectivity index (χ3v) is 11.9. The van der Waals surface area contributed by atoms with Gasteiger partial charge in [0.15, 0.2) is 0 Å². The van der Waals surface area contributed by atoms with Gasteiger partial charge in [-0.15, -0.1) is 11.6 Å². The van der Waals surface area contributed by atoms with Crippen LogP contribution < -0.4 is 0 Å². The zero-order valence-electron chi connectivity index (χ0n) is 21.3. The Hall–Kier alpha value is -0.186. The van der Waals surface area contributed by atoms with Crippen molar-refractivity contribution in [2.24, 2.45) is 0 Å². The molecule has 1 aromatic carbocycles. The molecule has 4 nitrogen and oxygen atoms in total. The molecule has 0 saturated heterocycles. The molecule has 0 aliphatic heterocycles. The normalized spacial score (nSPS) is 15.6. The van der Waals surface area contributed by atoms with Gasteiger partial charge in [-0.2, -0.15) is 0 Å². The highest BCUT2D eigenvalue weighted by molar-refractivity contribution is 6.66. The zero-order valence-corrected chi connectivity index (χ0v) is 24.8. The molecular formula is C25H44Cl2O4Si2. The summed E-state index contributed by atoms with van der Waals surface area (Å²) >= 11 is 11.9. The lowest BCUT2D eigenvalue weighted by molar-refractivity contribution is 0.144. The van der Waals surface area contributed by atoms with Crippen LogP contribution in [0, 0.1) is 6.92 Å². The molecule has 1 aromatic rings. The van der Waals surface area contributed by atoms with Crippen LogP contribution in [0.15, 0.2) is 30.4 Å². The van der Waals surface area contributed by atoms with E-state index in [0.29, 0.717) is 32.3 Å². The Morgan fingerprint density at radius 3 is 2.09 bits per heavy atom. The van der Waals surface area contributed by atoms with Crippen LogP contribution in [0.4, 0.5) is 0 Å². The predicted octanol–water partition coefficient (Wildman–Crippen LogP) is 7.80. The minimum atomic E-state index is -2.26. The van der Waals surface area contributed by atoms with Crippen LogP contribution in [-0.4, -0.2) is 49.4 Å². The third kappa shape index (κ3) is 13.5. The molecule has 0 bridgehead atoms. The highest BCUT2D eigenvalue weighted by Gasteiger charge is 2.32. The van der Waals surface area contributed by atoms with E-state index in [1.165, 1.54) is 11.1 Å². The quantitative estimate of drug-likeness (QED) is 0.0784. The minimum absolute atomic E-state index is 0.585. The second-order valence-electron chi connectivity index (χ2n) is 8.63. The molecule has 0 aliphatic carbocycles. The van der Waals surface area contributed by atoms with Crippen LogP contribution in [0.2, 0.25) is 30.2 Å². The molecule has 0 heterocycles. The molecule has 2 unspecified atom stereocenters. The van der Waals surface area contributed by atoms with Crippen LogP contribution in [0.3, 0.4) is 0 Å². The van der Waals surface area contributed by atoms with Gasteiger partial charge in [0.2, 0.25) is 0 Å². The van der Waals surface area contributed by atoms with E-state index in [-0.39, 0.29) is 0 Å². The molecule has 0 aromatic heterocycles. The summed E-state index contributed by atoms with van der Waals surface area (Å²) in [6, 6.07) is 7.99. The van der Waals surface area contributed by atoms with Gasteiger partial charge in [0.05, 0.1) is 0 Å². The summed E-state index contributed by atoms with van der Waals surface area (Å²) in [5, 5.41) is 0.779. The summed E-state index contributed by atoms with van der Waals surface area (Å²) in [7, 11) is -4.39. The largest absolute Gasteiger partial charge is 0.395 e. The fraction of sp³-hybridized carbons (Fsp3) is 0.680. The van der Waals surface area contributed by atoms with Crippen LogP contribution >= 0.6 is 23.2 Å². The molecule has 0 fully saturated rings. The Labute approximate surface area is 214 Å². The van der Waals surface area contributed by atoms with E-state index in [0.717, 1.165) is 49.2 Å². The number of unbranched alkanes of at least 4 members (excludes halogenated alkanes) is 2. The highest BCUT2D eigenvalue weighted by Crippen LogP contribution is 2.23. The lowest BCUT2D eigenvalue weighted by Crippen LogP contribution is -2.41. The molecule has 1 rings (SSSR count). The molecule has 0 spiro atoms. The Bertz CT molecular complexity index is 692. The molecule has 0 saturated carbocycles. The van der Waals surface area contributed by atoms with Gasteiger partial charge in [0.25, 0.3) is 0 Å². The first kappa shape index (κ1) is 30.8. The van der Waals surface area contributed by atoms with Gasteiger partial charge >= 0.3 is 17.1 Å². The van der Waals surface area contributed by atoms with Gasteiger partial charge in [0.1, 0.15) is 0 Å². The average Bonchev–Trinajstić information content (AvgIpc) is 2.77. The van der Waals surface area contributed by atoms with Gasteiger partial charge < -0.3 is 17.7 Å². The van der Waals surface area contributed by atoms with Crippen LogP contribution in [0.5, 0.6) is 0 Å². The fourth-order valence-electron chi connectivity index (χ4n) is 3.78. The SMILES string of the molecule is CCO[Si](C)(CCCCC=CCCl)OCCCO[Si](C)(CCc1cc(Cl)ccc1C)OCC. The van der Waals surface area contributed by atoms with Crippen molar-refractivity contribution in [3.05, 3.63) is 46.5 Å². The first-order valence-corrected chi connectivity index (χ1v) is 18.2. The number of benzene rings is 1. The van der Waals surface area contributed by atoms with Gasteiger partial charge in [-0.05, 0) is 94.9 Å². The fourth-order valence-corrected chi connectivity index (χ4v) is 8.83. The number of hydrogen-bond donors (Lipinski definition) is 0. The van der Waals surface area contributed by atoms with E-state index in [2.05, 4.69) is 38.2 Å². The smallest absolute Gasteiger partial charge is 0.335 e. The molecule has 0 aliphatic rings. The molecule has 0 radical (unpaired) electrons. The number of alkyl halides is 1. The van der Waals surface area contributed by atoms with Crippen molar-refractivity contribution in [1.82, 2.24) is 0 Å². The Morgan fingerprint density at radius 2 is 1.48 bits per heavy atom. The van der Waals surface area contributed by atoms with Crippen molar-refractivity contribution in [1.29, 1.82) is 0 Å². The van der Waals surface area contributed by atoms with Gasteiger partial charge in [-0.1, -0.05) is 36.2 Å². The monoisotopic (exact) mass is 534 g/mol. The molecule has 190 valence electrons. The minimum Gasteiger partial charge on any atom is -0.395 e. The first-order valence-electron chi connectivity index (χ1n) is 12.3. The van der Waals surface area contributed by atoms with E-state index in [1.807, 2.05) is 26.0 Å². The standard InChI is InChI=1S/C25H44Cl2O4Si2/c1-6-28-32(4,20-12-10-8-9-11-17-26)30-18-13-19-31-33(5,29-7-2)21-16-24-22-25(27)15-14-23(24)3/h9,11,14-15,22H,6-8,10,12-13,16-21H2,1-5H3.